The summed E-state index contributed by atoms with van der Waals surface area (Å²) in [6, 6.07) is 5.17. The van der Waals surface area contributed by atoms with Gasteiger partial charge < -0.3 is 5.32 Å². The maximum Gasteiger partial charge on any atom is 0.0330 e. The maximum absolute atomic E-state index is 3.21. The van der Waals surface area contributed by atoms with Crippen LogP contribution in [0.3, 0.4) is 0 Å². The highest BCUT2D eigenvalue weighted by Gasteiger charge is 2.11. The second-order valence-electron chi connectivity index (χ2n) is 5.17. The lowest BCUT2D eigenvalue weighted by Crippen LogP contribution is -2.30. The SMILES string of the molecule is CCCCCN(Cc1ccc(CNC)s1)C(C)C. The van der Waals surface area contributed by atoms with E-state index < -0.39 is 0 Å². The van der Waals surface area contributed by atoms with E-state index >= 15 is 0 Å². The largest absolute Gasteiger partial charge is 0.315 e. The Kier molecular flexibility index (Phi) is 7.56. The monoisotopic (exact) mass is 268 g/mol. The molecule has 0 bridgehead atoms. The summed E-state index contributed by atoms with van der Waals surface area (Å²) in [7, 11) is 2.00. The summed E-state index contributed by atoms with van der Waals surface area (Å²) in [4.78, 5) is 5.51. The van der Waals surface area contributed by atoms with Crippen molar-refractivity contribution in [3.8, 4) is 0 Å². The Bertz CT molecular complexity index is 320. The average Bonchev–Trinajstić information content (AvgIpc) is 2.76. The van der Waals surface area contributed by atoms with Crippen LogP contribution in [0.5, 0.6) is 0 Å². The van der Waals surface area contributed by atoms with Gasteiger partial charge in [0.15, 0.2) is 0 Å². The smallest absolute Gasteiger partial charge is 0.0330 e. The summed E-state index contributed by atoms with van der Waals surface area (Å²) >= 11 is 1.94. The van der Waals surface area contributed by atoms with Crippen LogP contribution in [0.25, 0.3) is 0 Å². The highest BCUT2D eigenvalue weighted by molar-refractivity contribution is 7.11. The van der Waals surface area contributed by atoms with E-state index in [4.69, 9.17) is 0 Å². The minimum Gasteiger partial charge on any atom is -0.315 e. The van der Waals surface area contributed by atoms with Crippen LogP contribution >= 0.6 is 11.3 Å². The number of hydrogen-bond acceptors (Lipinski definition) is 3. The standard InChI is InChI=1S/C15H28N2S/c1-5-6-7-10-17(13(2)3)12-15-9-8-14(18-15)11-16-4/h8-9,13,16H,5-7,10-12H2,1-4H3. The van der Waals surface area contributed by atoms with Crippen molar-refractivity contribution in [3.63, 3.8) is 0 Å². The highest BCUT2D eigenvalue weighted by Crippen LogP contribution is 2.19. The van der Waals surface area contributed by atoms with Crippen LogP contribution in [-0.4, -0.2) is 24.5 Å². The molecule has 1 N–H and O–H groups in total. The van der Waals surface area contributed by atoms with E-state index in [2.05, 4.69) is 43.1 Å². The van der Waals surface area contributed by atoms with E-state index in [1.807, 2.05) is 18.4 Å². The Morgan fingerprint density at radius 1 is 1.22 bits per heavy atom. The third-order valence-corrected chi connectivity index (χ3v) is 4.28. The first kappa shape index (κ1) is 15.7. The van der Waals surface area contributed by atoms with Gasteiger partial charge in [0.1, 0.15) is 0 Å². The molecule has 0 aliphatic rings. The number of nitrogens with zero attached hydrogens (tertiary/aromatic N) is 1. The van der Waals surface area contributed by atoms with Crippen LogP contribution in [0.15, 0.2) is 12.1 Å². The van der Waals surface area contributed by atoms with Gasteiger partial charge in [-0.3, -0.25) is 4.90 Å². The molecule has 0 spiro atoms. The number of nitrogens with one attached hydrogen (secondary N) is 1. The third kappa shape index (κ3) is 5.51. The molecule has 0 amide bonds. The topological polar surface area (TPSA) is 15.3 Å². The van der Waals surface area contributed by atoms with Crippen LogP contribution in [0.1, 0.15) is 49.8 Å². The Labute approximate surface area is 116 Å². The normalized spacial score (nSPS) is 11.7. The van der Waals surface area contributed by atoms with Crippen molar-refractivity contribution in [1.82, 2.24) is 10.2 Å². The molecule has 0 radical (unpaired) electrons. The second-order valence-corrected chi connectivity index (χ2v) is 6.42. The molecule has 1 aromatic rings. The number of unbranched alkanes of at least 4 members (excludes halogenated alkanes) is 2. The third-order valence-electron chi connectivity index (χ3n) is 3.21. The van der Waals surface area contributed by atoms with Gasteiger partial charge in [0, 0.05) is 28.9 Å². The molecule has 1 rings (SSSR count). The van der Waals surface area contributed by atoms with Gasteiger partial charge in [0.25, 0.3) is 0 Å². The van der Waals surface area contributed by atoms with E-state index in [-0.39, 0.29) is 0 Å². The number of thiophene rings is 1. The fourth-order valence-electron chi connectivity index (χ4n) is 2.06. The summed E-state index contributed by atoms with van der Waals surface area (Å²) in [6.07, 6.45) is 3.97. The van der Waals surface area contributed by atoms with E-state index in [9.17, 15) is 0 Å². The first-order chi connectivity index (χ1) is 8.67. The van der Waals surface area contributed by atoms with Gasteiger partial charge in [-0.1, -0.05) is 19.8 Å². The quantitative estimate of drug-likeness (QED) is 0.684. The number of hydrogen-bond donors (Lipinski definition) is 1. The summed E-state index contributed by atoms with van der Waals surface area (Å²) in [5, 5.41) is 3.21. The maximum atomic E-state index is 3.21. The van der Waals surface area contributed by atoms with Crippen molar-refractivity contribution in [2.45, 2.75) is 59.2 Å². The van der Waals surface area contributed by atoms with Crippen LogP contribution in [0, 0.1) is 0 Å². The molecule has 0 atom stereocenters. The Hall–Kier alpha value is -0.380. The van der Waals surface area contributed by atoms with Gasteiger partial charge >= 0.3 is 0 Å². The van der Waals surface area contributed by atoms with Crippen molar-refractivity contribution < 1.29 is 0 Å². The fraction of sp³-hybridized carbons (Fsp3) is 0.733. The molecule has 1 aromatic heterocycles. The predicted octanol–water partition coefficient (Wildman–Crippen LogP) is 3.87. The molecule has 0 saturated carbocycles. The Balaban J connectivity index is 2.48. The zero-order valence-corrected chi connectivity index (χ0v) is 13.1. The molecule has 3 heteroatoms. The van der Waals surface area contributed by atoms with Gasteiger partial charge in [0.2, 0.25) is 0 Å². The summed E-state index contributed by atoms with van der Waals surface area (Å²) in [6.45, 7) is 10.2. The van der Waals surface area contributed by atoms with Crippen molar-refractivity contribution in [2.75, 3.05) is 13.6 Å². The lowest BCUT2D eigenvalue weighted by Gasteiger charge is -2.25. The van der Waals surface area contributed by atoms with Gasteiger partial charge in [-0.25, -0.2) is 0 Å². The zero-order valence-electron chi connectivity index (χ0n) is 12.3. The molecule has 104 valence electrons. The zero-order chi connectivity index (χ0) is 13.4. The minimum absolute atomic E-state index is 0.636. The van der Waals surface area contributed by atoms with Crippen molar-refractivity contribution in [1.29, 1.82) is 0 Å². The van der Waals surface area contributed by atoms with E-state index in [1.54, 1.807) is 0 Å². The van der Waals surface area contributed by atoms with Crippen molar-refractivity contribution >= 4 is 11.3 Å². The molecule has 18 heavy (non-hydrogen) atoms. The van der Waals surface area contributed by atoms with Crippen LogP contribution in [-0.2, 0) is 13.1 Å². The van der Waals surface area contributed by atoms with Crippen LogP contribution < -0.4 is 5.32 Å². The number of rotatable bonds is 9. The molecular weight excluding hydrogens is 240 g/mol. The van der Waals surface area contributed by atoms with Crippen molar-refractivity contribution in [2.24, 2.45) is 0 Å². The highest BCUT2D eigenvalue weighted by atomic mass is 32.1. The molecule has 0 aliphatic heterocycles. The summed E-state index contributed by atoms with van der Waals surface area (Å²) in [5.74, 6) is 0. The second kappa shape index (κ2) is 8.68. The Morgan fingerprint density at radius 3 is 2.56 bits per heavy atom. The van der Waals surface area contributed by atoms with Crippen molar-refractivity contribution in [3.05, 3.63) is 21.9 Å². The molecule has 0 fully saturated rings. The minimum atomic E-state index is 0.636. The molecule has 0 aliphatic carbocycles. The average molecular weight is 268 g/mol. The lowest BCUT2D eigenvalue weighted by atomic mass is 10.2. The first-order valence-electron chi connectivity index (χ1n) is 7.13. The van der Waals surface area contributed by atoms with Crippen LogP contribution in [0.4, 0.5) is 0 Å². The van der Waals surface area contributed by atoms with Gasteiger partial charge in [0.05, 0.1) is 0 Å². The molecule has 0 saturated heterocycles. The fourth-order valence-corrected chi connectivity index (χ4v) is 3.12. The Morgan fingerprint density at radius 2 is 1.94 bits per heavy atom. The first-order valence-corrected chi connectivity index (χ1v) is 7.95. The molecule has 2 nitrogen and oxygen atoms in total. The van der Waals surface area contributed by atoms with Gasteiger partial charge in [-0.05, 0) is 46.0 Å². The summed E-state index contributed by atoms with van der Waals surface area (Å²) in [5.41, 5.74) is 0. The molecule has 1 heterocycles. The van der Waals surface area contributed by atoms with E-state index in [0.717, 1.165) is 13.1 Å². The van der Waals surface area contributed by atoms with Gasteiger partial charge in [-0.2, -0.15) is 0 Å². The van der Waals surface area contributed by atoms with Crippen LogP contribution in [0.2, 0.25) is 0 Å². The predicted molar refractivity (Wildman–Crippen MR) is 82.2 cm³/mol. The molecule has 0 unspecified atom stereocenters. The summed E-state index contributed by atoms with van der Waals surface area (Å²) < 4.78 is 0. The van der Waals surface area contributed by atoms with E-state index in [0.29, 0.717) is 6.04 Å². The molecule has 0 aromatic carbocycles. The molecular formula is C15H28N2S. The van der Waals surface area contributed by atoms with E-state index in [1.165, 1.54) is 35.6 Å². The lowest BCUT2D eigenvalue weighted by molar-refractivity contribution is 0.210. The van der Waals surface area contributed by atoms with Gasteiger partial charge in [-0.15, -0.1) is 11.3 Å².